The molecule has 0 fully saturated rings. The number of aryl methyl sites for hydroxylation is 3. The van der Waals surface area contributed by atoms with Crippen LogP contribution in [0.5, 0.6) is 0 Å². The van der Waals surface area contributed by atoms with E-state index in [-0.39, 0.29) is 11.7 Å². The summed E-state index contributed by atoms with van der Waals surface area (Å²) in [5.74, 6) is 1.09. The number of thioether (sulfide) groups is 1. The van der Waals surface area contributed by atoms with Gasteiger partial charge in [0.2, 0.25) is 5.91 Å². The van der Waals surface area contributed by atoms with Crippen molar-refractivity contribution in [2.24, 2.45) is 0 Å². The van der Waals surface area contributed by atoms with Crippen molar-refractivity contribution in [1.29, 1.82) is 0 Å². The third kappa shape index (κ3) is 5.60. The minimum Gasteiger partial charge on any atom is -0.378 e. The normalized spacial score (nSPS) is 10.8. The maximum Gasteiger partial charge on any atom is 0.234 e. The van der Waals surface area contributed by atoms with Crippen molar-refractivity contribution in [3.8, 4) is 0 Å². The topological polar surface area (TPSA) is 71.8 Å². The maximum atomic E-state index is 12.4. The summed E-state index contributed by atoms with van der Waals surface area (Å²) in [6.07, 6.45) is 0. The summed E-state index contributed by atoms with van der Waals surface area (Å²) >= 11 is 1.40. The zero-order valence-electron chi connectivity index (χ0n) is 17.3. The fourth-order valence-electron chi connectivity index (χ4n) is 2.91. The molecule has 0 saturated carbocycles. The van der Waals surface area contributed by atoms with E-state index in [0.29, 0.717) is 6.54 Å². The number of hydrogen-bond acceptors (Lipinski definition) is 5. The van der Waals surface area contributed by atoms with E-state index in [2.05, 4.69) is 58.9 Å². The molecule has 0 atom stereocenters. The molecule has 1 amide bonds. The van der Waals surface area contributed by atoms with Crippen molar-refractivity contribution in [3.05, 3.63) is 65.0 Å². The molecule has 7 heteroatoms. The predicted molar refractivity (Wildman–Crippen MR) is 119 cm³/mol. The van der Waals surface area contributed by atoms with Gasteiger partial charge in [-0.2, -0.15) is 0 Å². The lowest BCUT2D eigenvalue weighted by atomic mass is 10.1. The number of amides is 1. The first-order chi connectivity index (χ1) is 14.0. The van der Waals surface area contributed by atoms with E-state index in [1.165, 1.54) is 17.3 Å². The largest absolute Gasteiger partial charge is 0.378 e. The number of nitrogens with zero attached hydrogens (tertiary/aromatic N) is 3. The second-order valence-corrected chi connectivity index (χ2v) is 7.96. The number of carbonyl (C=O) groups is 1. The molecule has 152 valence electrons. The van der Waals surface area contributed by atoms with Crippen LogP contribution in [0.3, 0.4) is 0 Å². The van der Waals surface area contributed by atoms with Crippen molar-refractivity contribution < 1.29 is 4.79 Å². The average Bonchev–Trinajstić information content (AvgIpc) is 3.10. The van der Waals surface area contributed by atoms with Gasteiger partial charge in [0.15, 0.2) is 11.0 Å². The molecular weight excluding hydrogens is 382 g/mol. The number of benzene rings is 2. The maximum absolute atomic E-state index is 12.4. The molecule has 0 radical (unpaired) electrons. The summed E-state index contributed by atoms with van der Waals surface area (Å²) in [7, 11) is 0. The van der Waals surface area contributed by atoms with Gasteiger partial charge in [0.25, 0.3) is 0 Å². The minimum absolute atomic E-state index is 0.0475. The van der Waals surface area contributed by atoms with Crippen LogP contribution in [-0.4, -0.2) is 26.4 Å². The molecule has 0 aliphatic rings. The molecule has 1 aromatic heterocycles. The minimum atomic E-state index is -0.0475. The third-order valence-electron chi connectivity index (χ3n) is 4.61. The lowest BCUT2D eigenvalue weighted by Gasteiger charge is -2.10. The second-order valence-electron chi connectivity index (χ2n) is 7.02. The number of carbonyl (C=O) groups excluding carboxylic acids is 1. The van der Waals surface area contributed by atoms with Gasteiger partial charge in [0, 0.05) is 17.9 Å². The number of nitrogens with one attached hydrogen (secondary N) is 2. The molecule has 0 bridgehead atoms. The second kappa shape index (κ2) is 9.60. The average molecular weight is 410 g/mol. The molecular formula is C22H27N5OS. The Labute approximate surface area is 176 Å². The number of aromatic nitrogens is 3. The highest BCUT2D eigenvalue weighted by atomic mass is 32.2. The zero-order valence-corrected chi connectivity index (χ0v) is 18.1. The Morgan fingerprint density at radius 1 is 1.03 bits per heavy atom. The first-order valence-electron chi connectivity index (χ1n) is 9.68. The molecule has 2 N–H and O–H groups in total. The Balaban J connectivity index is 1.58. The van der Waals surface area contributed by atoms with Crippen LogP contribution < -0.4 is 10.6 Å². The number of rotatable bonds is 8. The molecule has 0 aliphatic carbocycles. The van der Waals surface area contributed by atoms with Gasteiger partial charge in [-0.1, -0.05) is 41.6 Å². The highest BCUT2D eigenvalue weighted by Gasteiger charge is 2.13. The summed E-state index contributed by atoms with van der Waals surface area (Å²) in [6.45, 7) is 9.46. The molecule has 0 saturated heterocycles. The molecule has 2 aromatic carbocycles. The SMILES string of the molecule is CCn1c(CNc2ccc(C)cc2)nnc1SCC(=O)Nc1cc(C)ccc1C. The summed E-state index contributed by atoms with van der Waals surface area (Å²) in [5, 5.41) is 15.7. The number of hydrogen-bond donors (Lipinski definition) is 2. The van der Waals surface area contributed by atoms with E-state index in [9.17, 15) is 4.79 Å². The Bertz CT molecular complexity index is 981. The first kappa shape index (κ1) is 20.9. The highest BCUT2D eigenvalue weighted by molar-refractivity contribution is 7.99. The highest BCUT2D eigenvalue weighted by Crippen LogP contribution is 2.20. The smallest absolute Gasteiger partial charge is 0.234 e. The van der Waals surface area contributed by atoms with E-state index in [1.54, 1.807) is 0 Å². The van der Waals surface area contributed by atoms with Crippen LogP contribution in [0.1, 0.15) is 29.4 Å². The van der Waals surface area contributed by atoms with Gasteiger partial charge < -0.3 is 15.2 Å². The zero-order chi connectivity index (χ0) is 20.8. The van der Waals surface area contributed by atoms with Gasteiger partial charge in [0.05, 0.1) is 12.3 Å². The molecule has 0 unspecified atom stereocenters. The Hall–Kier alpha value is -2.80. The molecule has 0 spiro atoms. The molecule has 1 heterocycles. The van der Waals surface area contributed by atoms with Crippen LogP contribution in [0.4, 0.5) is 11.4 Å². The van der Waals surface area contributed by atoms with Gasteiger partial charge >= 0.3 is 0 Å². The lowest BCUT2D eigenvalue weighted by molar-refractivity contribution is -0.113. The Morgan fingerprint density at radius 2 is 1.76 bits per heavy atom. The summed E-state index contributed by atoms with van der Waals surface area (Å²) in [5.41, 5.74) is 5.30. The van der Waals surface area contributed by atoms with E-state index < -0.39 is 0 Å². The lowest BCUT2D eigenvalue weighted by Crippen LogP contribution is -2.15. The van der Waals surface area contributed by atoms with Crippen LogP contribution in [0.15, 0.2) is 47.6 Å². The Morgan fingerprint density at radius 3 is 2.48 bits per heavy atom. The van der Waals surface area contributed by atoms with Crippen molar-refractivity contribution in [2.45, 2.75) is 45.9 Å². The monoisotopic (exact) mass is 409 g/mol. The Kier molecular flexibility index (Phi) is 6.93. The van der Waals surface area contributed by atoms with Crippen molar-refractivity contribution in [2.75, 3.05) is 16.4 Å². The standard InChI is InChI=1S/C22H27N5OS/c1-5-27-20(13-23-18-10-7-15(2)8-11-18)25-26-22(27)29-14-21(28)24-19-12-16(3)6-9-17(19)4/h6-12,23H,5,13-14H2,1-4H3,(H,24,28). The fourth-order valence-corrected chi connectivity index (χ4v) is 3.73. The third-order valence-corrected chi connectivity index (χ3v) is 5.58. The van der Waals surface area contributed by atoms with Gasteiger partial charge in [0.1, 0.15) is 0 Å². The van der Waals surface area contributed by atoms with Gasteiger partial charge in [-0.15, -0.1) is 10.2 Å². The number of anilines is 2. The molecule has 3 aromatic rings. The van der Waals surface area contributed by atoms with Crippen LogP contribution >= 0.6 is 11.8 Å². The van der Waals surface area contributed by atoms with E-state index in [1.807, 2.05) is 36.6 Å². The van der Waals surface area contributed by atoms with E-state index in [0.717, 1.165) is 40.0 Å². The molecule has 6 nitrogen and oxygen atoms in total. The quantitative estimate of drug-likeness (QED) is 0.534. The van der Waals surface area contributed by atoms with Crippen LogP contribution in [0.2, 0.25) is 0 Å². The summed E-state index contributed by atoms with van der Waals surface area (Å²) in [6, 6.07) is 14.3. The van der Waals surface area contributed by atoms with Crippen LogP contribution in [0.25, 0.3) is 0 Å². The summed E-state index contributed by atoms with van der Waals surface area (Å²) < 4.78 is 2.04. The molecule has 3 rings (SSSR count). The van der Waals surface area contributed by atoms with E-state index in [4.69, 9.17) is 0 Å². The van der Waals surface area contributed by atoms with Gasteiger partial charge in [-0.3, -0.25) is 4.79 Å². The van der Waals surface area contributed by atoms with Gasteiger partial charge in [-0.25, -0.2) is 0 Å². The van der Waals surface area contributed by atoms with Crippen LogP contribution in [-0.2, 0) is 17.9 Å². The molecule has 29 heavy (non-hydrogen) atoms. The van der Waals surface area contributed by atoms with E-state index >= 15 is 0 Å². The van der Waals surface area contributed by atoms with Crippen LogP contribution in [0, 0.1) is 20.8 Å². The van der Waals surface area contributed by atoms with Gasteiger partial charge in [-0.05, 0) is 57.0 Å². The van der Waals surface area contributed by atoms with Crippen molar-refractivity contribution in [1.82, 2.24) is 14.8 Å². The first-order valence-corrected chi connectivity index (χ1v) is 10.7. The summed E-state index contributed by atoms with van der Waals surface area (Å²) in [4.78, 5) is 12.4. The van der Waals surface area contributed by atoms with Crippen molar-refractivity contribution in [3.63, 3.8) is 0 Å². The molecule has 0 aliphatic heterocycles. The van der Waals surface area contributed by atoms with Crippen molar-refractivity contribution >= 4 is 29.0 Å². The predicted octanol–water partition coefficient (Wildman–Crippen LogP) is 4.57. The fraction of sp³-hybridized carbons (Fsp3) is 0.318.